The molecule has 0 saturated carbocycles. The highest BCUT2D eigenvalue weighted by atomic mass is 16.5. The van der Waals surface area contributed by atoms with Crippen LogP contribution in [-0.2, 0) is 11.3 Å². The standard InChI is InChI=1S/C21H27N5O4/c1-12-17(29-3)8-15(9-18(12)30-4)21(28)26-10-14-6-5-13(20(22)23)7-16(14)25-11-19(27)24-2/h5-9,25H,10-11H2,1-4H3,(H3,22,23)(H,24,27)(H,26,28). The maximum atomic E-state index is 12.7. The first-order valence-electron chi connectivity index (χ1n) is 9.23. The van der Waals surface area contributed by atoms with Crippen LogP contribution >= 0.6 is 0 Å². The number of likely N-dealkylation sites (N-methyl/N-ethyl adjacent to an activating group) is 1. The zero-order valence-corrected chi connectivity index (χ0v) is 17.5. The van der Waals surface area contributed by atoms with Gasteiger partial charge in [0.2, 0.25) is 5.91 Å². The van der Waals surface area contributed by atoms with Gasteiger partial charge < -0.3 is 31.2 Å². The highest BCUT2D eigenvalue weighted by molar-refractivity contribution is 5.97. The maximum Gasteiger partial charge on any atom is 0.251 e. The molecule has 2 aromatic carbocycles. The van der Waals surface area contributed by atoms with Crippen LogP contribution in [0.3, 0.4) is 0 Å². The van der Waals surface area contributed by atoms with Gasteiger partial charge in [0, 0.05) is 36.0 Å². The van der Waals surface area contributed by atoms with Crippen LogP contribution in [0.2, 0.25) is 0 Å². The van der Waals surface area contributed by atoms with E-state index in [0.29, 0.717) is 28.3 Å². The summed E-state index contributed by atoms with van der Waals surface area (Å²) in [7, 11) is 4.61. The first-order valence-corrected chi connectivity index (χ1v) is 9.23. The average molecular weight is 413 g/mol. The summed E-state index contributed by atoms with van der Waals surface area (Å²) in [5.41, 5.74) is 8.62. The van der Waals surface area contributed by atoms with Gasteiger partial charge in [-0.15, -0.1) is 0 Å². The van der Waals surface area contributed by atoms with E-state index in [2.05, 4.69) is 16.0 Å². The highest BCUT2D eigenvalue weighted by Gasteiger charge is 2.14. The smallest absolute Gasteiger partial charge is 0.251 e. The number of hydrogen-bond acceptors (Lipinski definition) is 6. The number of amidine groups is 1. The third-order valence-electron chi connectivity index (χ3n) is 4.59. The molecule has 9 heteroatoms. The monoisotopic (exact) mass is 413 g/mol. The molecule has 0 aliphatic heterocycles. The van der Waals surface area contributed by atoms with Crippen molar-refractivity contribution in [3.8, 4) is 11.5 Å². The van der Waals surface area contributed by atoms with Crippen molar-refractivity contribution in [2.45, 2.75) is 13.5 Å². The first kappa shape index (κ1) is 22.5. The number of ether oxygens (including phenoxy) is 2. The van der Waals surface area contributed by atoms with Gasteiger partial charge in [0.1, 0.15) is 17.3 Å². The molecule has 0 saturated heterocycles. The van der Waals surface area contributed by atoms with E-state index in [9.17, 15) is 9.59 Å². The molecule has 0 bridgehead atoms. The Morgan fingerprint density at radius 1 is 1.07 bits per heavy atom. The predicted octanol–water partition coefficient (Wildman–Crippen LogP) is 1.38. The minimum absolute atomic E-state index is 0.0468. The molecule has 0 atom stereocenters. The largest absolute Gasteiger partial charge is 0.496 e. The van der Waals surface area contributed by atoms with Crippen molar-refractivity contribution >= 4 is 23.3 Å². The molecule has 0 heterocycles. The number of nitrogens with one attached hydrogen (secondary N) is 4. The van der Waals surface area contributed by atoms with Crippen LogP contribution in [0.15, 0.2) is 30.3 Å². The second kappa shape index (κ2) is 10.1. The summed E-state index contributed by atoms with van der Waals surface area (Å²) in [5.74, 6) is 0.514. The second-order valence-electron chi connectivity index (χ2n) is 6.50. The molecule has 160 valence electrons. The van der Waals surface area contributed by atoms with Crippen LogP contribution in [0, 0.1) is 12.3 Å². The van der Waals surface area contributed by atoms with E-state index in [1.165, 1.54) is 14.2 Å². The summed E-state index contributed by atoms with van der Waals surface area (Å²) in [4.78, 5) is 24.3. The van der Waals surface area contributed by atoms with Gasteiger partial charge in [-0.05, 0) is 30.7 Å². The van der Waals surface area contributed by atoms with E-state index in [1.807, 2.05) is 6.92 Å². The lowest BCUT2D eigenvalue weighted by Crippen LogP contribution is -2.27. The number of hydrogen-bond donors (Lipinski definition) is 5. The fourth-order valence-corrected chi connectivity index (χ4v) is 2.82. The number of benzene rings is 2. The van der Waals surface area contributed by atoms with Gasteiger partial charge in [0.15, 0.2) is 0 Å². The Hall–Kier alpha value is -3.75. The van der Waals surface area contributed by atoms with Crippen molar-refractivity contribution < 1.29 is 19.1 Å². The van der Waals surface area contributed by atoms with Crippen molar-refractivity contribution in [1.29, 1.82) is 5.41 Å². The summed E-state index contributed by atoms with van der Waals surface area (Å²) in [6, 6.07) is 8.41. The van der Waals surface area contributed by atoms with Gasteiger partial charge in [-0.25, -0.2) is 0 Å². The molecule has 0 aliphatic rings. The van der Waals surface area contributed by atoms with E-state index in [-0.39, 0.29) is 30.7 Å². The van der Waals surface area contributed by atoms with Gasteiger partial charge in [-0.2, -0.15) is 0 Å². The Morgan fingerprint density at radius 3 is 2.23 bits per heavy atom. The SMILES string of the molecule is CNC(=O)CNc1cc(C(=N)N)ccc1CNC(=O)c1cc(OC)c(C)c(OC)c1. The Kier molecular flexibility index (Phi) is 7.62. The van der Waals surface area contributed by atoms with Gasteiger partial charge in [0.05, 0.1) is 20.8 Å². The lowest BCUT2D eigenvalue weighted by Gasteiger charge is -2.15. The number of anilines is 1. The third kappa shape index (κ3) is 5.40. The fraction of sp³-hybridized carbons (Fsp3) is 0.286. The Bertz CT molecular complexity index is 933. The Balaban J connectivity index is 2.22. The van der Waals surface area contributed by atoms with Crippen LogP contribution < -0.4 is 31.2 Å². The number of rotatable bonds is 9. The van der Waals surface area contributed by atoms with E-state index in [0.717, 1.165) is 11.1 Å². The quantitative estimate of drug-likeness (QED) is 0.311. The van der Waals surface area contributed by atoms with Crippen LogP contribution in [0.1, 0.15) is 27.0 Å². The summed E-state index contributed by atoms with van der Waals surface area (Å²) in [6.45, 7) is 2.09. The lowest BCUT2D eigenvalue weighted by atomic mass is 10.1. The number of carbonyl (C=O) groups excluding carboxylic acids is 2. The zero-order chi connectivity index (χ0) is 22.3. The molecule has 6 N–H and O–H groups in total. The normalized spacial score (nSPS) is 10.1. The Morgan fingerprint density at radius 2 is 1.70 bits per heavy atom. The first-order chi connectivity index (χ1) is 14.3. The van der Waals surface area contributed by atoms with Crippen LogP contribution in [-0.4, -0.2) is 45.5 Å². The summed E-state index contributed by atoms with van der Waals surface area (Å²) < 4.78 is 10.6. The van der Waals surface area contributed by atoms with Crippen molar-refractivity contribution in [2.75, 3.05) is 33.1 Å². The van der Waals surface area contributed by atoms with Crippen molar-refractivity contribution in [2.24, 2.45) is 5.73 Å². The molecule has 0 unspecified atom stereocenters. The summed E-state index contributed by atoms with van der Waals surface area (Å²) in [5, 5.41) is 16.0. The number of nitrogens with two attached hydrogens (primary N) is 1. The van der Waals surface area contributed by atoms with E-state index >= 15 is 0 Å². The second-order valence-corrected chi connectivity index (χ2v) is 6.50. The van der Waals surface area contributed by atoms with Gasteiger partial charge in [-0.1, -0.05) is 12.1 Å². The van der Waals surface area contributed by atoms with E-state index < -0.39 is 0 Å². The average Bonchev–Trinajstić information content (AvgIpc) is 2.75. The molecule has 2 aromatic rings. The molecule has 0 spiro atoms. The summed E-state index contributed by atoms with van der Waals surface area (Å²) in [6.07, 6.45) is 0. The molecule has 0 fully saturated rings. The van der Waals surface area contributed by atoms with Crippen molar-refractivity contribution in [3.05, 3.63) is 52.6 Å². The lowest BCUT2D eigenvalue weighted by molar-refractivity contribution is -0.118. The van der Waals surface area contributed by atoms with Gasteiger partial charge in [0.25, 0.3) is 5.91 Å². The van der Waals surface area contributed by atoms with Crippen LogP contribution in [0.25, 0.3) is 0 Å². The molecule has 30 heavy (non-hydrogen) atoms. The van der Waals surface area contributed by atoms with Crippen LogP contribution in [0.5, 0.6) is 11.5 Å². The maximum absolute atomic E-state index is 12.7. The van der Waals surface area contributed by atoms with Gasteiger partial charge >= 0.3 is 0 Å². The molecule has 0 aliphatic carbocycles. The molecule has 2 rings (SSSR count). The predicted molar refractivity (Wildman–Crippen MR) is 115 cm³/mol. The highest BCUT2D eigenvalue weighted by Crippen LogP contribution is 2.29. The molecule has 0 radical (unpaired) electrons. The molecular weight excluding hydrogens is 386 g/mol. The molecule has 2 amide bonds. The number of methoxy groups -OCH3 is 2. The van der Waals surface area contributed by atoms with E-state index in [1.54, 1.807) is 37.4 Å². The molecule has 9 nitrogen and oxygen atoms in total. The third-order valence-corrected chi connectivity index (χ3v) is 4.59. The van der Waals surface area contributed by atoms with E-state index in [4.69, 9.17) is 20.6 Å². The zero-order valence-electron chi connectivity index (χ0n) is 17.5. The topological polar surface area (TPSA) is 139 Å². The number of carbonyl (C=O) groups is 2. The molecular formula is C21H27N5O4. The summed E-state index contributed by atoms with van der Waals surface area (Å²) >= 11 is 0. The Labute approximate surface area is 175 Å². The number of nitrogen functional groups attached to an aromatic ring is 1. The molecule has 0 aromatic heterocycles. The minimum atomic E-state index is -0.306. The van der Waals surface area contributed by atoms with Crippen molar-refractivity contribution in [3.63, 3.8) is 0 Å². The number of amides is 2. The van der Waals surface area contributed by atoms with Crippen molar-refractivity contribution in [1.82, 2.24) is 10.6 Å². The van der Waals surface area contributed by atoms with Crippen LogP contribution in [0.4, 0.5) is 5.69 Å². The minimum Gasteiger partial charge on any atom is -0.496 e. The van der Waals surface area contributed by atoms with Gasteiger partial charge in [-0.3, -0.25) is 15.0 Å². The fourth-order valence-electron chi connectivity index (χ4n) is 2.82.